The number of aromatic nitrogens is 1. The van der Waals surface area contributed by atoms with E-state index in [1.54, 1.807) is 0 Å². The maximum Gasteiger partial charge on any atom is 0.223 e. The summed E-state index contributed by atoms with van der Waals surface area (Å²) >= 11 is 1.82. The van der Waals surface area contributed by atoms with Gasteiger partial charge in [0.2, 0.25) is 5.91 Å². The number of carbonyl (C=O) groups excluding carboxylic acids is 1. The van der Waals surface area contributed by atoms with Crippen molar-refractivity contribution >= 4 is 28.6 Å². The first-order valence-corrected chi connectivity index (χ1v) is 12.3. The highest BCUT2D eigenvalue weighted by Gasteiger charge is 2.28. The summed E-state index contributed by atoms with van der Waals surface area (Å²) in [7, 11) is 0. The fourth-order valence-corrected chi connectivity index (χ4v) is 5.87. The third kappa shape index (κ3) is 4.61. The summed E-state index contributed by atoms with van der Waals surface area (Å²) in [4.78, 5) is 16.2. The molecule has 5 rings (SSSR count). The van der Waals surface area contributed by atoms with E-state index in [1.165, 1.54) is 26.9 Å². The molecule has 0 aliphatic carbocycles. The third-order valence-electron chi connectivity index (χ3n) is 6.21. The first-order chi connectivity index (χ1) is 15.8. The largest absolute Gasteiger partial charge is 0.343 e. The van der Waals surface area contributed by atoms with E-state index in [2.05, 4.69) is 94.5 Å². The monoisotopic (exact) mass is 440 g/mol. The number of carbonyl (C=O) groups is 1. The maximum atomic E-state index is 12.8. The highest BCUT2D eigenvalue weighted by molar-refractivity contribution is 7.99. The summed E-state index contributed by atoms with van der Waals surface area (Å²) in [6.07, 6.45) is 5.87. The van der Waals surface area contributed by atoms with Crippen molar-refractivity contribution in [3.63, 3.8) is 0 Å². The number of fused-ring (bicyclic) bond motifs is 1. The van der Waals surface area contributed by atoms with Crippen LogP contribution in [0.3, 0.4) is 0 Å². The number of hydrogen-bond donors (Lipinski definition) is 0. The van der Waals surface area contributed by atoms with Crippen LogP contribution >= 0.6 is 11.8 Å². The van der Waals surface area contributed by atoms with Crippen LogP contribution in [0, 0.1) is 0 Å². The molecule has 4 heteroatoms. The maximum absolute atomic E-state index is 12.8. The summed E-state index contributed by atoms with van der Waals surface area (Å²) in [6, 6.07) is 29.7. The molecule has 2 heterocycles. The van der Waals surface area contributed by atoms with Crippen LogP contribution in [0.4, 0.5) is 0 Å². The summed E-state index contributed by atoms with van der Waals surface area (Å²) in [6.45, 7) is 1.62. The van der Waals surface area contributed by atoms with E-state index in [4.69, 9.17) is 0 Å². The minimum absolute atomic E-state index is 0.219. The number of benzene rings is 3. The van der Waals surface area contributed by atoms with E-state index in [0.717, 1.165) is 32.4 Å². The van der Waals surface area contributed by atoms with Gasteiger partial charge in [0, 0.05) is 41.5 Å². The van der Waals surface area contributed by atoms with E-state index in [9.17, 15) is 4.79 Å². The van der Waals surface area contributed by atoms with E-state index >= 15 is 0 Å². The average Bonchev–Trinajstić information content (AvgIpc) is 3.17. The molecule has 0 spiro atoms. The minimum Gasteiger partial charge on any atom is -0.343 e. The zero-order valence-corrected chi connectivity index (χ0v) is 19.0. The molecule has 1 aliphatic rings. The van der Waals surface area contributed by atoms with Gasteiger partial charge in [-0.3, -0.25) is 4.79 Å². The number of para-hydroxylation sites is 1. The standard InChI is InChI=1S/C28H28N2OS/c31-27-16-9-17-28(32-24-12-5-2-6-13-24)30(27)19-18-23-21-29(20-22-10-3-1-4-11-22)26-15-8-7-14-25(23)26/h1-8,10-15,21,28H,9,16-20H2. The highest BCUT2D eigenvalue weighted by atomic mass is 32.2. The molecule has 0 N–H and O–H groups in total. The van der Waals surface area contributed by atoms with Gasteiger partial charge in [0.1, 0.15) is 0 Å². The Morgan fingerprint density at radius 1 is 0.875 bits per heavy atom. The van der Waals surface area contributed by atoms with Crippen LogP contribution in [-0.2, 0) is 17.8 Å². The lowest BCUT2D eigenvalue weighted by Gasteiger charge is -2.35. The van der Waals surface area contributed by atoms with Crippen LogP contribution < -0.4 is 0 Å². The normalized spacial score (nSPS) is 16.6. The van der Waals surface area contributed by atoms with Gasteiger partial charge in [0.05, 0.1) is 5.37 Å². The number of nitrogens with zero attached hydrogens (tertiary/aromatic N) is 2. The van der Waals surface area contributed by atoms with Crippen LogP contribution in [0.25, 0.3) is 10.9 Å². The second-order valence-corrected chi connectivity index (χ2v) is 9.65. The van der Waals surface area contributed by atoms with E-state index in [-0.39, 0.29) is 11.3 Å². The quantitative estimate of drug-likeness (QED) is 0.334. The van der Waals surface area contributed by atoms with Crippen LogP contribution in [-0.4, -0.2) is 27.3 Å². The van der Waals surface area contributed by atoms with Gasteiger partial charge >= 0.3 is 0 Å². The van der Waals surface area contributed by atoms with Crippen molar-refractivity contribution in [1.29, 1.82) is 0 Å². The Hall–Kier alpha value is -2.98. The molecule has 4 aromatic rings. The van der Waals surface area contributed by atoms with Gasteiger partial charge in [-0.15, -0.1) is 11.8 Å². The van der Waals surface area contributed by atoms with Crippen molar-refractivity contribution in [3.05, 3.63) is 102 Å². The van der Waals surface area contributed by atoms with Crippen LogP contribution in [0.2, 0.25) is 0 Å². The molecule has 162 valence electrons. The number of amides is 1. The molecule has 1 amide bonds. The van der Waals surface area contributed by atoms with Crippen LogP contribution in [0.5, 0.6) is 0 Å². The van der Waals surface area contributed by atoms with Crippen molar-refractivity contribution in [2.24, 2.45) is 0 Å². The minimum atomic E-state index is 0.219. The summed E-state index contributed by atoms with van der Waals surface area (Å²) in [5.74, 6) is 0.290. The highest BCUT2D eigenvalue weighted by Crippen LogP contribution is 2.33. The van der Waals surface area contributed by atoms with Gasteiger partial charge in [-0.2, -0.15) is 0 Å². The van der Waals surface area contributed by atoms with Gasteiger partial charge in [-0.1, -0.05) is 66.7 Å². The molecule has 1 fully saturated rings. The lowest BCUT2D eigenvalue weighted by atomic mass is 10.1. The number of piperidine rings is 1. The lowest BCUT2D eigenvalue weighted by Crippen LogP contribution is -2.42. The van der Waals surface area contributed by atoms with Crippen LogP contribution in [0.1, 0.15) is 30.4 Å². The third-order valence-corrected chi connectivity index (χ3v) is 7.52. The van der Waals surface area contributed by atoms with Gasteiger partial charge in [0.25, 0.3) is 0 Å². The molecule has 0 saturated carbocycles. The zero-order chi connectivity index (χ0) is 21.8. The molecule has 3 nitrogen and oxygen atoms in total. The van der Waals surface area contributed by atoms with Crippen molar-refractivity contribution < 1.29 is 4.79 Å². The molecule has 32 heavy (non-hydrogen) atoms. The molecule has 1 aromatic heterocycles. The second kappa shape index (κ2) is 9.66. The van der Waals surface area contributed by atoms with E-state index < -0.39 is 0 Å². The fourth-order valence-electron chi connectivity index (χ4n) is 4.61. The molecule has 3 aromatic carbocycles. The molecule has 1 saturated heterocycles. The summed E-state index contributed by atoms with van der Waals surface area (Å²) < 4.78 is 2.34. The number of rotatable bonds is 7. The number of hydrogen-bond acceptors (Lipinski definition) is 2. The molecule has 0 radical (unpaired) electrons. The smallest absolute Gasteiger partial charge is 0.223 e. The SMILES string of the molecule is O=C1CCCC(Sc2ccccc2)N1CCc1cn(Cc2ccccc2)c2ccccc12. The lowest BCUT2D eigenvalue weighted by molar-refractivity contribution is -0.134. The molecular weight excluding hydrogens is 412 g/mol. The Kier molecular flexibility index (Phi) is 6.31. The Bertz CT molecular complexity index is 1190. The van der Waals surface area contributed by atoms with Crippen molar-refractivity contribution in [1.82, 2.24) is 9.47 Å². The topological polar surface area (TPSA) is 25.2 Å². The Morgan fingerprint density at radius 2 is 1.59 bits per heavy atom. The first-order valence-electron chi connectivity index (χ1n) is 11.4. The van der Waals surface area contributed by atoms with Crippen LogP contribution in [0.15, 0.2) is 96.0 Å². The Morgan fingerprint density at radius 3 is 2.41 bits per heavy atom. The van der Waals surface area contributed by atoms with Gasteiger partial charge in [-0.05, 0) is 48.6 Å². The van der Waals surface area contributed by atoms with E-state index in [0.29, 0.717) is 6.42 Å². The van der Waals surface area contributed by atoms with Gasteiger partial charge < -0.3 is 9.47 Å². The molecule has 1 atom stereocenters. The van der Waals surface area contributed by atoms with Crippen molar-refractivity contribution in [2.75, 3.05) is 6.54 Å². The molecule has 1 unspecified atom stereocenters. The summed E-state index contributed by atoms with van der Waals surface area (Å²) in [5.41, 5.74) is 3.87. The fraction of sp³-hybridized carbons (Fsp3) is 0.250. The average molecular weight is 441 g/mol. The molecule has 0 bridgehead atoms. The van der Waals surface area contributed by atoms with E-state index in [1.807, 2.05) is 17.8 Å². The van der Waals surface area contributed by atoms with Gasteiger partial charge in [-0.25, -0.2) is 0 Å². The van der Waals surface area contributed by atoms with Gasteiger partial charge in [0.15, 0.2) is 0 Å². The Labute approximate surface area is 194 Å². The van der Waals surface area contributed by atoms with Crippen molar-refractivity contribution in [2.45, 2.75) is 42.5 Å². The number of thioether (sulfide) groups is 1. The number of likely N-dealkylation sites (tertiary alicyclic amines) is 1. The molecular formula is C28H28N2OS. The predicted octanol–water partition coefficient (Wildman–Crippen LogP) is 6.36. The first kappa shape index (κ1) is 20.9. The van der Waals surface area contributed by atoms with Crippen molar-refractivity contribution in [3.8, 4) is 0 Å². The summed E-state index contributed by atoms with van der Waals surface area (Å²) in [5, 5.41) is 1.51. The Balaban J connectivity index is 1.36. The molecule has 1 aliphatic heterocycles. The second-order valence-electron chi connectivity index (χ2n) is 8.40. The zero-order valence-electron chi connectivity index (χ0n) is 18.2. The predicted molar refractivity (Wildman–Crippen MR) is 133 cm³/mol.